The minimum absolute atomic E-state index is 0.158. The number of hydrogen-bond acceptors (Lipinski definition) is 2. The number of rotatable bonds is 2. The molecule has 4 nitrogen and oxygen atoms in total. The number of halogens is 1. The highest BCUT2D eigenvalue weighted by atomic mass is 35.5. The van der Waals surface area contributed by atoms with Crippen molar-refractivity contribution in [3.05, 3.63) is 34.9 Å². The van der Waals surface area contributed by atoms with Gasteiger partial charge in [0.05, 0.1) is 12.0 Å². The molecule has 0 aliphatic carbocycles. The Hall–Kier alpha value is -1.55. The fourth-order valence-electron chi connectivity index (χ4n) is 2.08. The van der Waals surface area contributed by atoms with Crippen molar-refractivity contribution in [2.24, 2.45) is 5.92 Å². The molecule has 18 heavy (non-hydrogen) atoms. The molecule has 2 unspecified atom stereocenters. The lowest BCUT2D eigenvalue weighted by molar-refractivity contribution is -0.125. The van der Waals surface area contributed by atoms with Crippen LogP contribution in [-0.2, 0) is 4.79 Å². The number of benzene rings is 1. The molecule has 3 amide bonds. The molecule has 1 aliphatic rings. The molecule has 0 saturated carbocycles. The fourth-order valence-corrected chi connectivity index (χ4v) is 2.37. The van der Waals surface area contributed by atoms with Gasteiger partial charge in [0.25, 0.3) is 0 Å². The van der Waals surface area contributed by atoms with Crippen molar-refractivity contribution in [1.29, 1.82) is 0 Å². The van der Waals surface area contributed by atoms with E-state index in [-0.39, 0.29) is 23.9 Å². The third-order valence-electron chi connectivity index (χ3n) is 3.23. The van der Waals surface area contributed by atoms with E-state index in [1.165, 1.54) is 0 Å². The molecular weight excluding hydrogens is 252 g/mol. The summed E-state index contributed by atoms with van der Waals surface area (Å²) in [6.45, 7) is 4.12. The third-order valence-corrected chi connectivity index (χ3v) is 3.58. The molecule has 1 fully saturated rings. The van der Waals surface area contributed by atoms with Crippen LogP contribution in [-0.4, -0.2) is 23.4 Å². The van der Waals surface area contributed by atoms with Gasteiger partial charge in [0.15, 0.2) is 0 Å². The Morgan fingerprint density at radius 1 is 1.39 bits per heavy atom. The summed E-state index contributed by atoms with van der Waals surface area (Å²) in [5.41, 5.74) is 0.885. The normalized spacial score (nSPS) is 21.7. The van der Waals surface area contributed by atoms with Crippen LogP contribution >= 0.6 is 11.6 Å². The first-order chi connectivity index (χ1) is 8.50. The first-order valence-corrected chi connectivity index (χ1v) is 6.24. The number of imide groups is 1. The Kier molecular flexibility index (Phi) is 3.57. The fraction of sp³-hybridized carbons (Fsp3) is 0.385. The van der Waals surface area contributed by atoms with E-state index >= 15 is 0 Å². The molecule has 2 atom stereocenters. The van der Waals surface area contributed by atoms with Gasteiger partial charge < -0.3 is 4.90 Å². The molecule has 0 bridgehead atoms. The number of hydrogen-bond donors (Lipinski definition) is 1. The van der Waals surface area contributed by atoms with Gasteiger partial charge in [0, 0.05) is 11.6 Å². The molecule has 0 spiro atoms. The van der Waals surface area contributed by atoms with Gasteiger partial charge in [-0.2, -0.15) is 0 Å². The molecule has 2 rings (SSSR count). The number of carbonyl (C=O) groups is 2. The Labute approximate surface area is 111 Å². The summed E-state index contributed by atoms with van der Waals surface area (Å²) in [7, 11) is 0. The zero-order valence-electron chi connectivity index (χ0n) is 10.3. The van der Waals surface area contributed by atoms with Gasteiger partial charge in [-0.3, -0.25) is 10.1 Å². The molecule has 1 N–H and O–H groups in total. The molecule has 1 heterocycles. The van der Waals surface area contributed by atoms with Crippen molar-refractivity contribution in [3.8, 4) is 0 Å². The number of carbonyl (C=O) groups excluding carboxylic acids is 2. The van der Waals surface area contributed by atoms with Crippen molar-refractivity contribution < 1.29 is 9.59 Å². The SMILES string of the molecule is CC1CN(C(C)c2ccccc2Cl)C(=O)NC1=O. The maximum absolute atomic E-state index is 11.8. The van der Waals surface area contributed by atoms with E-state index < -0.39 is 0 Å². The first kappa shape index (κ1) is 12.9. The van der Waals surface area contributed by atoms with Crippen molar-refractivity contribution in [2.75, 3.05) is 6.54 Å². The lowest BCUT2D eigenvalue weighted by atomic mass is 10.0. The van der Waals surface area contributed by atoms with Crippen molar-refractivity contribution in [2.45, 2.75) is 19.9 Å². The summed E-state index contributed by atoms with van der Waals surface area (Å²) >= 11 is 6.13. The highest BCUT2D eigenvalue weighted by molar-refractivity contribution is 6.31. The Balaban J connectivity index is 2.24. The summed E-state index contributed by atoms with van der Waals surface area (Å²) in [6, 6.07) is 6.90. The van der Waals surface area contributed by atoms with Crippen LogP contribution in [0, 0.1) is 5.92 Å². The largest absolute Gasteiger partial charge is 0.324 e. The highest BCUT2D eigenvalue weighted by Crippen LogP contribution is 2.28. The second-order valence-corrected chi connectivity index (χ2v) is 4.95. The number of amides is 3. The summed E-state index contributed by atoms with van der Waals surface area (Å²) in [5, 5.41) is 2.98. The van der Waals surface area contributed by atoms with Crippen LogP contribution in [0.3, 0.4) is 0 Å². The van der Waals surface area contributed by atoms with E-state index in [1.54, 1.807) is 17.9 Å². The third kappa shape index (κ3) is 2.34. The Morgan fingerprint density at radius 3 is 2.72 bits per heavy atom. The highest BCUT2D eigenvalue weighted by Gasteiger charge is 2.32. The Bertz CT molecular complexity index is 490. The van der Waals surface area contributed by atoms with Crippen LogP contribution in [0.2, 0.25) is 5.02 Å². The lowest BCUT2D eigenvalue weighted by Gasteiger charge is -2.35. The van der Waals surface area contributed by atoms with Crippen LogP contribution in [0.5, 0.6) is 0 Å². The van der Waals surface area contributed by atoms with Crippen LogP contribution in [0.4, 0.5) is 4.79 Å². The molecule has 96 valence electrons. The Morgan fingerprint density at radius 2 is 2.06 bits per heavy atom. The molecule has 1 saturated heterocycles. The minimum atomic E-state index is -0.356. The van der Waals surface area contributed by atoms with E-state index in [2.05, 4.69) is 5.32 Å². The number of nitrogens with one attached hydrogen (secondary N) is 1. The molecule has 1 aromatic carbocycles. The van der Waals surface area contributed by atoms with Gasteiger partial charge >= 0.3 is 6.03 Å². The molecule has 0 radical (unpaired) electrons. The summed E-state index contributed by atoms with van der Waals surface area (Å²) < 4.78 is 0. The topological polar surface area (TPSA) is 49.4 Å². The summed E-state index contributed by atoms with van der Waals surface area (Å²) in [5.74, 6) is -0.421. The smallest absolute Gasteiger partial charge is 0.317 e. The van der Waals surface area contributed by atoms with Crippen molar-refractivity contribution >= 4 is 23.5 Å². The van der Waals surface area contributed by atoms with Gasteiger partial charge in [-0.25, -0.2) is 4.79 Å². The minimum Gasteiger partial charge on any atom is -0.317 e. The monoisotopic (exact) mass is 266 g/mol. The van der Waals surface area contributed by atoms with Crippen molar-refractivity contribution in [3.63, 3.8) is 0 Å². The quantitative estimate of drug-likeness (QED) is 0.894. The zero-order valence-corrected chi connectivity index (χ0v) is 11.1. The first-order valence-electron chi connectivity index (χ1n) is 5.86. The van der Waals surface area contributed by atoms with Gasteiger partial charge in [0.1, 0.15) is 0 Å². The van der Waals surface area contributed by atoms with E-state index in [0.29, 0.717) is 11.6 Å². The standard InChI is InChI=1S/C13H15ClN2O2/c1-8-7-16(13(18)15-12(8)17)9(2)10-5-3-4-6-11(10)14/h3-6,8-9H,7H2,1-2H3,(H,15,17,18). The van der Waals surface area contributed by atoms with Crippen LogP contribution in [0.1, 0.15) is 25.5 Å². The van der Waals surface area contributed by atoms with Gasteiger partial charge in [0.2, 0.25) is 5.91 Å². The van der Waals surface area contributed by atoms with Gasteiger partial charge in [-0.1, -0.05) is 36.7 Å². The van der Waals surface area contributed by atoms with E-state index in [4.69, 9.17) is 11.6 Å². The van der Waals surface area contributed by atoms with E-state index in [1.807, 2.05) is 25.1 Å². The average molecular weight is 267 g/mol. The molecule has 0 aromatic heterocycles. The number of nitrogens with zero attached hydrogens (tertiary/aromatic N) is 1. The molecule has 1 aromatic rings. The average Bonchev–Trinajstić information content (AvgIpc) is 2.33. The molecule has 1 aliphatic heterocycles. The van der Waals surface area contributed by atoms with Crippen LogP contribution in [0.25, 0.3) is 0 Å². The predicted octanol–water partition coefficient (Wildman–Crippen LogP) is 2.59. The second-order valence-electron chi connectivity index (χ2n) is 4.55. The predicted molar refractivity (Wildman–Crippen MR) is 69.3 cm³/mol. The molecule has 5 heteroatoms. The maximum atomic E-state index is 11.8. The summed E-state index contributed by atoms with van der Waals surface area (Å²) in [4.78, 5) is 24.9. The van der Waals surface area contributed by atoms with Crippen LogP contribution in [0.15, 0.2) is 24.3 Å². The van der Waals surface area contributed by atoms with E-state index in [0.717, 1.165) is 5.56 Å². The lowest BCUT2D eigenvalue weighted by Crippen LogP contribution is -2.54. The van der Waals surface area contributed by atoms with Gasteiger partial charge in [-0.05, 0) is 18.6 Å². The molecular formula is C13H15ClN2O2. The maximum Gasteiger partial charge on any atom is 0.324 e. The zero-order chi connectivity index (χ0) is 13.3. The van der Waals surface area contributed by atoms with E-state index in [9.17, 15) is 9.59 Å². The van der Waals surface area contributed by atoms with Crippen molar-refractivity contribution in [1.82, 2.24) is 10.2 Å². The second kappa shape index (κ2) is 4.98. The number of urea groups is 1. The van der Waals surface area contributed by atoms with Crippen LogP contribution < -0.4 is 5.32 Å². The summed E-state index contributed by atoms with van der Waals surface area (Å²) in [6.07, 6.45) is 0. The van der Waals surface area contributed by atoms with Gasteiger partial charge in [-0.15, -0.1) is 0 Å².